The third-order valence-electron chi connectivity index (χ3n) is 10.5. The number of ether oxygens (including phenoxy) is 8. The normalized spacial score (nSPS) is 14.5. The van der Waals surface area contributed by atoms with E-state index in [0.717, 1.165) is 34.5 Å². The van der Waals surface area contributed by atoms with Crippen molar-refractivity contribution >= 4 is 40.7 Å². The number of amides is 3. The van der Waals surface area contributed by atoms with Gasteiger partial charge in [0.05, 0.1) is 112 Å². The Hall–Kier alpha value is -4.88. The maximum absolute atomic E-state index is 12.8. The van der Waals surface area contributed by atoms with Crippen LogP contribution in [0, 0.1) is 0 Å². The molecule has 0 spiro atoms. The Labute approximate surface area is 393 Å². The van der Waals surface area contributed by atoms with Gasteiger partial charge in [-0.2, -0.15) is 0 Å². The van der Waals surface area contributed by atoms with Crippen molar-refractivity contribution in [2.45, 2.75) is 32.4 Å². The van der Waals surface area contributed by atoms with Gasteiger partial charge in [0.15, 0.2) is 0 Å². The van der Waals surface area contributed by atoms with Gasteiger partial charge in [-0.05, 0) is 90.7 Å². The van der Waals surface area contributed by atoms with Gasteiger partial charge in [0.1, 0.15) is 5.69 Å². The number of benzene rings is 3. The topological polar surface area (TPSA) is 169 Å². The molecule has 360 valence electrons. The first-order valence-corrected chi connectivity index (χ1v) is 22.9. The molecule has 4 aromatic rings. The Morgan fingerprint density at radius 1 is 0.606 bits per heavy atom. The van der Waals surface area contributed by atoms with Gasteiger partial charge in [0, 0.05) is 61.3 Å². The number of hydrogen-bond acceptors (Lipinski definition) is 12. The van der Waals surface area contributed by atoms with Crippen LogP contribution in [0.2, 0.25) is 5.02 Å². The molecule has 3 N–H and O–H groups in total. The van der Waals surface area contributed by atoms with Crippen LogP contribution in [0.1, 0.15) is 52.7 Å². The summed E-state index contributed by atoms with van der Waals surface area (Å²) in [6.45, 7) is 11.6. The van der Waals surface area contributed by atoms with Crippen molar-refractivity contribution in [3.63, 3.8) is 0 Å². The van der Waals surface area contributed by atoms with Gasteiger partial charge in [-0.3, -0.25) is 14.4 Å². The molecular formula is C49H66ClN5O11. The summed E-state index contributed by atoms with van der Waals surface area (Å²) in [5.74, 6) is -0.293. The molecule has 16 nitrogen and oxygen atoms in total. The van der Waals surface area contributed by atoms with E-state index in [4.69, 9.17) is 49.5 Å². The first kappa shape index (κ1) is 52.1. The van der Waals surface area contributed by atoms with Crippen LogP contribution in [-0.4, -0.2) is 147 Å². The van der Waals surface area contributed by atoms with Crippen LogP contribution in [0.25, 0.3) is 11.1 Å². The molecule has 2 heterocycles. The van der Waals surface area contributed by atoms with E-state index in [1.165, 1.54) is 0 Å². The van der Waals surface area contributed by atoms with Crippen molar-refractivity contribution in [1.82, 2.24) is 15.2 Å². The lowest BCUT2D eigenvalue weighted by atomic mass is 9.88. The molecule has 66 heavy (non-hydrogen) atoms. The fourth-order valence-electron chi connectivity index (χ4n) is 7.23. The summed E-state index contributed by atoms with van der Waals surface area (Å²) >= 11 is 6.12. The highest BCUT2D eigenvalue weighted by Gasteiger charge is 2.32. The van der Waals surface area contributed by atoms with Crippen LogP contribution >= 0.6 is 11.6 Å². The monoisotopic (exact) mass is 935 g/mol. The minimum Gasteiger partial charge on any atom is -0.378 e. The van der Waals surface area contributed by atoms with Crippen LogP contribution in [0.5, 0.6) is 0 Å². The lowest BCUT2D eigenvalue weighted by Crippen LogP contribution is -2.43. The summed E-state index contributed by atoms with van der Waals surface area (Å²) in [4.78, 5) is 39.4. The second-order valence-corrected chi connectivity index (χ2v) is 15.9. The summed E-state index contributed by atoms with van der Waals surface area (Å²) in [5, 5.41) is 10.0. The van der Waals surface area contributed by atoms with E-state index in [2.05, 4.69) is 28.9 Å². The molecule has 2 atom stereocenters. The van der Waals surface area contributed by atoms with Gasteiger partial charge in [0.25, 0.3) is 11.8 Å². The zero-order chi connectivity index (χ0) is 46.8. The van der Waals surface area contributed by atoms with E-state index in [9.17, 15) is 14.4 Å². The SMILES string of the molecule is CC(=O)N1c2ccc(-c3ccc(C(=O)NCCOCCOCCOCCOCCOCCOCCOCCOCCNC(=O)c4cccn4C)cc3)cc2[C@H](Nc2ccc(Cl)cc2)C[C@@H]1C. The van der Waals surface area contributed by atoms with Crippen molar-refractivity contribution in [2.24, 2.45) is 7.05 Å². The molecule has 3 amide bonds. The molecule has 0 saturated carbocycles. The first-order valence-electron chi connectivity index (χ1n) is 22.6. The van der Waals surface area contributed by atoms with Crippen LogP contribution in [0.3, 0.4) is 0 Å². The molecule has 0 fully saturated rings. The number of fused-ring (bicyclic) bond motifs is 1. The fraction of sp³-hybridized carbons (Fsp3) is 0.490. The van der Waals surface area contributed by atoms with Crippen LogP contribution in [-0.2, 0) is 49.7 Å². The molecule has 0 unspecified atom stereocenters. The molecule has 0 radical (unpaired) electrons. The van der Waals surface area contributed by atoms with Crippen molar-refractivity contribution in [1.29, 1.82) is 0 Å². The van der Waals surface area contributed by atoms with Crippen LogP contribution < -0.4 is 20.9 Å². The predicted octanol–water partition coefficient (Wildman–Crippen LogP) is 5.94. The van der Waals surface area contributed by atoms with Gasteiger partial charge in [-0.15, -0.1) is 0 Å². The van der Waals surface area contributed by atoms with E-state index in [1.54, 1.807) is 17.6 Å². The van der Waals surface area contributed by atoms with Gasteiger partial charge >= 0.3 is 0 Å². The third-order valence-corrected chi connectivity index (χ3v) is 10.8. The van der Waals surface area contributed by atoms with Crippen LogP contribution in [0.15, 0.2) is 85.1 Å². The average molecular weight is 937 g/mol. The average Bonchev–Trinajstić information content (AvgIpc) is 3.76. The van der Waals surface area contributed by atoms with Crippen molar-refractivity contribution in [3.05, 3.63) is 107 Å². The van der Waals surface area contributed by atoms with E-state index in [0.29, 0.717) is 135 Å². The number of aromatic nitrogens is 1. The molecule has 0 saturated heterocycles. The molecule has 5 rings (SSSR count). The van der Waals surface area contributed by atoms with E-state index < -0.39 is 0 Å². The zero-order valence-corrected chi connectivity index (χ0v) is 39.2. The molecule has 1 aromatic heterocycles. The number of anilines is 2. The summed E-state index contributed by atoms with van der Waals surface area (Å²) in [7, 11) is 1.83. The van der Waals surface area contributed by atoms with Gasteiger partial charge in [0.2, 0.25) is 5.91 Å². The Morgan fingerprint density at radius 3 is 1.55 bits per heavy atom. The second kappa shape index (κ2) is 29.7. The number of carbonyl (C=O) groups excluding carboxylic acids is 3. The molecule has 1 aliphatic heterocycles. The van der Waals surface area contributed by atoms with E-state index in [1.807, 2.05) is 84.9 Å². The van der Waals surface area contributed by atoms with Gasteiger partial charge in [-0.25, -0.2) is 0 Å². The highest BCUT2D eigenvalue weighted by atomic mass is 35.5. The second-order valence-electron chi connectivity index (χ2n) is 15.4. The number of hydrogen-bond donors (Lipinski definition) is 3. The molecule has 0 bridgehead atoms. The smallest absolute Gasteiger partial charge is 0.267 e. The Balaban J connectivity index is 0.800. The largest absolute Gasteiger partial charge is 0.378 e. The summed E-state index contributed by atoms with van der Waals surface area (Å²) in [6.07, 6.45) is 2.58. The third kappa shape index (κ3) is 18.1. The Morgan fingerprint density at radius 2 is 1.08 bits per heavy atom. The van der Waals surface area contributed by atoms with E-state index in [-0.39, 0.29) is 29.8 Å². The minimum absolute atomic E-state index is 0.00832. The minimum atomic E-state index is -0.179. The van der Waals surface area contributed by atoms with E-state index >= 15 is 0 Å². The number of aryl methyl sites for hydroxylation is 1. The number of halogens is 1. The molecule has 0 aliphatic carbocycles. The fourth-order valence-corrected chi connectivity index (χ4v) is 7.35. The maximum atomic E-state index is 12.8. The molecular weight excluding hydrogens is 870 g/mol. The Kier molecular flexibility index (Phi) is 23.4. The first-order chi connectivity index (χ1) is 32.2. The highest BCUT2D eigenvalue weighted by molar-refractivity contribution is 6.30. The van der Waals surface area contributed by atoms with Crippen molar-refractivity contribution in [3.8, 4) is 11.1 Å². The molecule has 17 heteroatoms. The summed E-state index contributed by atoms with van der Waals surface area (Å²) in [5.41, 5.74) is 6.01. The number of nitrogens with one attached hydrogen (secondary N) is 3. The number of nitrogens with zero attached hydrogens (tertiary/aromatic N) is 2. The van der Waals surface area contributed by atoms with Gasteiger partial charge in [-0.1, -0.05) is 29.8 Å². The van der Waals surface area contributed by atoms with Crippen molar-refractivity contribution in [2.75, 3.05) is 129 Å². The number of carbonyl (C=O) groups is 3. The molecule has 1 aliphatic rings. The lowest BCUT2D eigenvalue weighted by Gasteiger charge is -2.39. The van der Waals surface area contributed by atoms with Crippen molar-refractivity contribution < 1.29 is 52.3 Å². The quantitative estimate of drug-likeness (QED) is 0.0494. The zero-order valence-electron chi connectivity index (χ0n) is 38.4. The predicted molar refractivity (Wildman–Crippen MR) is 254 cm³/mol. The summed E-state index contributed by atoms with van der Waals surface area (Å²) < 4.78 is 46.0. The van der Waals surface area contributed by atoms with Crippen LogP contribution in [0.4, 0.5) is 11.4 Å². The summed E-state index contributed by atoms with van der Waals surface area (Å²) in [6, 6.07) is 24.9. The highest BCUT2D eigenvalue weighted by Crippen LogP contribution is 2.41. The molecule has 3 aromatic carbocycles. The number of rotatable bonds is 32. The Bertz CT molecular complexity index is 2030. The standard InChI is InChI=1S/C49H66ClN5O11/c1-37-35-45(53-43-13-11-42(50)12-14-43)44-36-41(10-15-46(44)55(37)38(2)56)39-6-8-40(9-7-39)48(57)51-16-19-59-21-23-61-25-27-63-29-31-65-33-34-66-32-30-64-28-26-62-24-22-60-20-17-52-49(58)47-5-4-18-54(47)3/h4-15,18,36-37,45,53H,16-17,19-35H2,1-3H3,(H,51,57)(H,52,58)/t37-,45+/m0/s1. The van der Waals surface area contributed by atoms with Gasteiger partial charge < -0.3 is 63.3 Å². The lowest BCUT2D eigenvalue weighted by molar-refractivity contribution is -0.117. The maximum Gasteiger partial charge on any atom is 0.267 e.